The van der Waals surface area contributed by atoms with E-state index in [9.17, 15) is 0 Å². The van der Waals surface area contributed by atoms with E-state index >= 15 is 0 Å². The molecule has 0 aliphatic heterocycles. The van der Waals surface area contributed by atoms with Crippen LogP contribution >= 0.6 is 0 Å². The van der Waals surface area contributed by atoms with Gasteiger partial charge in [0.15, 0.2) is 0 Å². The minimum Gasteiger partial charge on any atom is -0.496 e. The summed E-state index contributed by atoms with van der Waals surface area (Å²) < 4.78 is 5.40. The number of fused-ring (bicyclic) bond motifs is 1. The number of hydrogen-bond donors (Lipinski definition) is 1. The lowest BCUT2D eigenvalue weighted by molar-refractivity contribution is 0.408. The van der Waals surface area contributed by atoms with Gasteiger partial charge in [-0.15, -0.1) is 0 Å². The van der Waals surface area contributed by atoms with Crippen LogP contribution in [0.5, 0.6) is 5.75 Å². The van der Waals surface area contributed by atoms with Gasteiger partial charge < -0.3 is 10.5 Å². The first kappa shape index (κ1) is 13.6. The summed E-state index contributed by atoms with van der Waals surface area (Å²) in [7, 11) is 1.69. The fourth-order valence-corrected chi connectivity index (χ4v) is 2.68. The molecule has 0 bridgehead atoms. The zero-order chi connectivity index (χ0) is 14.7. The minimum absolute atomic E-state index is 0.0887. The molecule has 2 N–H and O–H groups in total. The molecule has 0 aliphatic rings. The van der Waals surface area contributed by atoms with Crippen molar-refractivity contribution in [2.24, 2.45) is 5.73 Å². The van der Waals surface area contributed by atoms with Gasteiger partial charge in [-0.1, -0.05) is 36.4 Å². The van der Waals surface area contributed by atoms with E-state index in [1.54, 1.807) is 13.3 Å². The van der Waals surface area contributed by atoms with Gasteiger partial charge in [-0.05, 0) is 35.1 Å². The molecule has 3 nitrogen and oxygen atoms in total. The highest BCUT2D eigenvalue weighted by molar-refractivity contribution is 5.85. The Morgan fingerprint density at radius 1 is 1.10 bits per heavy atom. The summed E-state index contributed by atoms with van der Waals surface area (Å²) in [5.41, 5.74) is 8.67. The topological polar surface area (TPSA) is 48.1 Å². The van der Waals surface area contributed by atoms with Crippen molar-refractivity contribution < 1.29 is 4.74 Å². The smallest absolute Gasteiger partial charge is 0.122 e. The molecule has 0 radical (unpaired) electrons. The summed E-state index contributed by atoms with van der Waals surface area (Å²) in [5, 5.41) is 2.28. The lowest BCUT2D eigenvalue weighted by Gasteiger charge is -2.16. The van der Waals surface area contributed by atoms with Crippen molar-refractivity contribution in [3.63, 3.8) is 0 Å². The first-order valence-corrected chi connectivity index (χ1v) is 6.99. The number of para-hydroxylation sites is 1. The quantitative estimate of drug-likeness (QED) is 0.794. The lowest BCUT2D eigenvalue weighted by atomic mass is 9.95. The van der Waals surface area contributed by atoms with E-state index in [1.807, 2.05) is 36.5 Å². The molecule has 0 saturated heterocycles. The molecule has 1 aromatic heterocycles. The summed E-state index contributed by atoms with van der Waals surface area (Å²) in [4.78, 5) is 4.22. The summed E-state index contributed by atoms with van der Waals surface area (Å²) in [5.74, 6) is 0.881. The Morgan fingerprint density at radius 2 is 1.95 bits per heavy atom. The highest BCUT2D eigenvalue weighted by Gasteiger charge is 2.13. The van der Waals surface area contributed by atoms with Crippen LogP contribution in [-0.4, -0.2) is 12.1 Å². The summed E-state index contributed by atoms with van der Waals surface area (Å²) in [6.45, 7) is 0. The van der Waals surface area contributed by atoms with E-state index in [1.165, 1.54) is 0 Å². The average Bonchev–Trinajstić information content (AvgIpc) is 2.54. The van der Waals surface area contributed by atoms with E-state index in [0.29, 0.717) is 0 Å². The minimum atomic E-state index is -0.0887. The molecule has 0 aliphatic carbocycles. The van der Waals surface area contributed by atoms with Crippen molar-refractivity contribution >= 4 is 10.8 Å². The van der Waals surface area contributed by atoms with Crippen LogP contribution in [0.3, 0.4) is 0 Å². The molecule has 0 fully saturated rings. The average molecular weight is 278 g/mol. The summed E-state index contributed by atoms with van der Waals surface area (Å²) in [6.07, 6.45) is 4.42. The summed E-state index contributed by atoms with van der Waals surface area (Å²) in [6, 6.07) is 16.1. The van der Waals surface area contributed by atoms with Gasteiger partial charge in [0.05, 0.1) is 7.11 Å². The van der Waals surface area contributed by atoms with E-state index in [-0.39, 0.29) is 6.04 Å². The number of hydrogen-bond acceptors (Lipinski definition) is 3. The monoisotopic (exact) mass is 278 g/mol. The fraction of sp³-hybridized carbons (Fsp3) is 0.167. The molecular formula is C18H18N2O. The number of aromatic nitrogens is 1. The third kappa shape index (κ3) is 2.73. The third-order valence-electron chi connectivity index (χ3n) is 3.75. The number of benzene rings is 2. The Morgan fingerprint density at radius 3 is 2.81 bits per heavy atom. The predicted molar refractivity (Wildman–Crippen MR) is 85.4 cm³/mol. The Balaban J connectivity index is 1.96. The molecule has 0 saturated carbocycles. The van der Waals surface area contributed by atoms with Crippen molar-refractivity contribution in [1.29, 1.82) is 0 Å². The van der Waals surface area contributed by atoms with Crippen molar-refractivity contribution in [1.82, 2.24) is 4.98 Å². The van der Waals surface area contributed by atoms with Crippen LogP contribution in [0.1, 0.15) is 17.2 Å². The molecule has 1 atom stereocenters. The maximum atomic E-state index is 6.43. The number of nitrogens with two attached hydrogens (primary N) is 1. The zero-order valence-corrected chi connectivity index (χ0v) is 12.0. The lowest BCUT2D eigenvalue weighted by Crippen LogP contribution is -2.14. The van der Waals surface area contributed by atoms with E-state index in [4.69, 9.17) is 10.5 Å². The zero-order valence-electron chi connectivity index (χ0n) is 12.0. The van der Waals surface area contributed by atoms with Crippen molar-refractivity contribution in [2.75, 3.05) is 7.11 Å². The van der Waals surface area contributed by atoms with Crippen LogP contribution < -0.4 is 10.5 Å². The van der Waals surface area contributed by atoms with Crippen molar-refractivity contribution in [3.05, 3.63) is 72.1 Å². The van der Waals surface area contributed by atoms with Crippen LogP contribution in [0.25, 0.3) is 10.8 Å². The van der Waals surface area contributed by atoms with Crippen LogP contribution in [0.2, 0.25) is 0 Å². The van der Waals surface area contributed by atoms with Crippen LogP contribution in [0.15, 0.2) is 60.9 Å². The Labute approximate surface area is 124 Å². The van der Waals surface area contributed by atoms with Gasteiger partial charge in [0.1, 0.15) is 5.75 Å². The number of nitrogens with zero attached hydrogens (tertiary/aromatic N) is 1. The van der Waals surface area contributed by atoms with Gasteiger partial charge in [0, 0.05) is 23.8 Å². The third-order valence-corrected chi connectivity index (χ3v) is 3.75. The maximum absolute atomic E-state index is 6.43. The van der Waals surface area contributed by atoms with Gasteiger partial charge in [-0.2, -0.15) is 0 Å². The highest BCUT2D eigenvalue weighted by Crippen LogP contribution is 2.27. The molecule has 2 aromatic carbocycles. The first-order chi connectivity index (χ1) is 10.3. The van der Waals surface area contributed by atoms with Gasteiger partial charge in [-0.25, -0.2) is 0 Å². The van der Waals surface area contributed by atoms with E-state index < -0.39 is 0 Å². The van der Waals surface area contributed by atoms with Crippen LogP contribution in [0.4, 0.5) is 0 Å². The molecule has 1 unspecified atom stereocenters. The van der Waals surface area contributed by atoms with E-state index in [2.05, 4.69) is 23.2 Å². The standard InChI is InChI=1S/C18H18N2O/c1-21-18-8-3-2-5-14(18)11-17(19)15-7-4-6-13-9-10-20-12-16(13)15/h2-10,12,17H,11,19H2,1H3. The highest BCUT2D eigenvalue weighted by atomic mass is 16.5. The second-order valence-electron chi connectivity index (χ2n) is 5.07. The van der Waals surface area contributed by atoms with E-state index in [0.717, 1.165) is 34.1 Å². The Hall–Kier alpha value is -2.39. The van der Waals surface area contributed by atoms with Gasteiger partial charge in [-0.3, -0.25) is 4.98 Å². The fourth-order valence-electron chi connectivity index (χ4n) is 2.68. The first-order valence-electron chi connectivity index (χ1n) is 6.99. The van der Waals surface area contributed by atoms with Gasteiger partial charge in [0.25, 0.3) is 0 Å². The Kier molecular flexibility index (Phi) is 3.84. The van der Waals surface area contributed by atoms with Crippen LogP contribution in [0, 0.1) is 0 Å². The Bertz CT molecular complexity index is 750. The second-order valence-corrected chi connectivity index (χ2v) is 5.07. The molecule has 3 aromatic rings. The number of methoxy groups -OCH3 is 1. The SMILES string of the molecule is COc1ccccc1CC(N)c1cccc2ccncc12. The number of rotatable bonds is 4. The maximum Gasteiger partial charge on any atom is 0.122 e. The molecule has 3 heteroatoms. The van der Waals surface area contributed by atoms with Crippen molar-refractivity contribution in [3.8, 4) is 5.75 Å². The molecule has 3 rings (SSSR count). The van der Waals surface area contributed by atoms with Gasteiger partial charge >= 0.3 is 0 Å². The normalized spacial score (nSPS) is 12.3. The molecule has 0 spiro atoms. The number of pyridine rings is 1. The molecule has 0 amide bonds. The predicted octanol–water partition coefficient (Wildman–Crippen LogP) is 3.49. The summed E-state index contributed by atoms with van der Waals surface area (Å²) >= 11 is 0. The van der Waals surface area contributed by atoms with Gasteiger partial charge in [0.2, 0.25) is 0 Å². The molecule has 1 heterocycles. The largest absolute Gasteiger partial charge is 0.496 e. The number of ether oxygens (including phenoxy) is 1. The molecule has 106 valence electrons. The second kappa shape index (κ2) is 5.94. The molecular weight excluding hydrogens is 260 g/mol. The molecule has 21 heavy (non-hydrogen) atoms. The van der Waals surface area contributed by atoms with Crippen LogP contribution in [-0.2, 0) is 6.42 Å². The van der Waals surface area contributed by atoms with Crippen molar-refractivity contribution in [2.45, 2.75) is 12.5 Å².